The van der Waals surface area contributed by atoms with Gasteiger partial charge in [-0.2, -0.15) is 13.2 Å². The van der Waals surface area contributed by atoms with Crippen LogP contribution in [0.1, 0.15) is 48.6 Å². The largest absolute Gasteiger partial charge is 0.416 e. The third-order valence-electron chi connectivity index (χ3n) is 5.63. The number of aryl methyl sites for hydroxylation is 1. The number of unbranched alkanes of at least 4 members (excludes halogenated alkanes) is 2. The van der Waals surface area contributed by atoms with Crippen LogP contribution in [0.3, 0.4) is 0 Å². The minimum Gasteiger partial charge on any atom is -0.345 e. The van der Waals surface area contributed by atoms with Crippen molar-refractivity contribution in [3.63, 3.8) is 0 Å². The van der Waals surface area contributed by atoms with E-state index < -0.39 is 11.7 Å². The molecule has 3 rings (SSSR count). The zero-order valence-corrected chi connectivity index (χ0v) is 20.1. The van der Waals surface area contributed by atoms with E-state index in [-0.39, 0.29) is 12.6 Å². The summed E-state index contributed by atoms with van der Waals surface area (Å²) in [5.41, 5.74) is 2.25. The molecule has 182 valence electrons. The number of benzene rings is 2. The van der Waals surface area contributed by atoms with E-state index in [2.05, 4.69) is 12.2 Å². The van der Waals surface area contributed by atoms with Crippen LogP contribution in [0.4, 0.5) is 23.7 Å². The molecule has 3 aromatic rings. The van der Waals surface area contributed by atoms with Crippen molar-refractivity contribution in [3.05, 3.63) is 88.2 Å². The predicted octanol–water partition coefficient (Wildman–Crippen LogP) is 7.74. The highest BCUT2D eigenvalue weighted by atomic mass is 35.5. The molecule has 0 bridgehead atoms. The average molecular weight is 492 g/mol. The van der Waals surface area contributed by atoms with Gasteiger partial charge in [0.25, 0.3) is 0 Å². The van der Waals surface area contributed by atoms with Crippen LogP contribution in [-0.4, -0.2) is 22.0 Å². The Kier molecular flexibility index (Phi) is 8.67. The van der Waals surface area contributed by atoms with Crippen LogP contribution in [0.2, 0.25) is 5.02 Å². The van der Waals surface area contributed by atoms with E-state index in [0.717, 1.165) is 42.7 Å². The third-order valence-corrected chi connectivity index (χ3v) is 6.03. The highest BCUT2D eigenvalue weighted by Crippen LogP contribution is 2.30. The van der Waals surface area contributed by atoms with Crippen molar-refractivity contribution in [3.8, 4) is 0 Å². The standard InChI is InChI=1S/C26H29ClF3N3O/c1-3-4-5-13-33(25(34)31-22-12-11-19(2)24(27)16-22)18-23-10-7-14-32(23)17-20-8-6-9-21(15-20)26(28,29)30/h6-12,14-16H,3-5,13,17-18H2,1-2H3,(H,31,34). The molecule has 2 aromatic carbocycles. The highest BCUT2D eigenvalue weighted by Gasteiger charge is 2.30. The van der Waals surface area contributed by atoms with Crippen molar-refractivity contribution in [1.82, 2.24) is 9.47 Å². The second-order valence-electron chi connectivity index (χ2n) is 8.35. The molecule has 0 spiro atoms. The molecule has 1 N–H and O–H groups in total. The van der Waals surface area contributed by atoms with Gasteiger partial charge in [0, 0.05) is 35.7 Å². The Morgan fingerprint density at radius 2 is 1.88 bits per heavy atom. The molecule has 2 amide bonds. The van der Waals surface area contributed by atoms with Gasteiger partial charge in [-0.15, -0.1) is 0 Å². The first-order chi connectivity index (χ1) is 16.2. The van der Waals surface area contributed by atoms with Crippen molar-refractivity contribution in [2.75, 3.05) is 11.9 Å². The Morgan fingerprint density at radius 1 is 1.09 bits per heavy atom. The molecule has 4 nitrogen and oxygen atoms in total. The number of nitrogens with one attached hydrogen (secondary N) is 1. The van der Waals surface area contributed by atoms with Crippen LogP contribution in [0.5, 0.6) is 0 Å². The van der Waals surface area contributed by atoms with Gasteiger partial charge in [0.2, 0.25) is 0 Å². The fourth-order valence-corrected chi connectivity index (χ4v) is 3.84. The van der Waals surface area contributed by atoms with E-state index in [0.29, 0.717) is 29.4 Å². The number of nitrogens with zero attached hydrogens (tertiary/aromatic N) is 2. The van der Waals surface area contributed by atoms with Gasteiger partial charge in [-0.05, 0) is 60.9 Å². The maximum absolute atomic E-state index is 13.1. The molecule has 0 radical (unpaired) electrons. The predicted molar refractivity (Wildman–Crippen MR) is 130 cm³/mol. The number of anilines is 1. The second-order valence-corrected chi connectivity index (χ2v) is 8.76. The first-order valence-corrected chi connectivity index (χ1v) is 11.7. The Balaban J connectivity index is 1.76. The molecule has 0 aliphatic rings. The highest BCUT2D eigenvalue weighted by molar-refractivity contribution is 6.31. The summed E-state index contributed by atoms with van der Waals surface area (Å²) in [6.45, 7) is 5.17. The number of hydrogen-bond acceptors (Lipinski definition) is 1. The van der Waals surface area contributed by atoms with Crippen LogP contribution in [0.25, 0.3) is 0 Å². The maximum atomic E-state index is 13.1. The van der Waals surface area contributed by atoms with E-state index >= 15 is 0 Å². The van der Waals surface area contributed by atoms with E-state index in [9.17, 15) is 18.0 Å². The topological polar surface area (TPSA) is 37.3 Å². The molecule has 0 saturated heterocycles. The lowest BCUT2D eigenvalue weighted by Crippen LogP contribution is -2.36. The summed E-state index contributed by atoms with van der Waals surface area (Å²) in [6, 6.07) is 14.2. The van der Waals surface area contributed by atoms with Crippen molar-refractivity contribution >= 4 is 23.3 Å². The molecule has 0 fully saturated rings. The number of carbonyl (C=O) groups is 1. The summed E-state index contributed by atoms with van der Waals surface area (Å²) < 4.78 is 41.2. The minimum absolute atomic E-state index is 0.247. The van der Waals surface area contributed by atoms with E-state index in [1.54, 1.807) is 23.1 Å². The van der Waals surface area contributed by atoms with Crippen molar-refractivity contribution < 1.29 is 18.0 Å². The van der Waals surface area contributed by atoms with Gasteiger partial charge in [-0.25, -0.2) is 4.79 Å². The van der Waals surface area contributed by atoms with Gasteiger partial charge >= 0.3 is 12.2 Å². The van der Waals surface area contributed by atoms with E-state index in [4.69, 9.17) is 11.6 Å². The number of rotatable bonds is 9. The smallest absolute Gasteiger partial charge is 0.345 e. The molecule has 1 aromatic heterocycles. The summed E-state index contributed by atoms with van der Waals surface area (Å²) in [6.07, 6.45) is 0.299. The number of carbonyl (C=O) groups excluding carboxylic acids is 1. The molecule has 0 unspecified atom stereocenters. The lowest BCUT2D eigenvalue weighted by molar-refractivity contribution is -0.137. The van der Waals surface area contributed by atoms with E-state index in [1.807, 2.05) is 35.9 Å². The third kappa shape index (κ3) is 7.03. The summed E-state index contributed by atoms with van der Waals surface area (Å²) in [5, 5.41) is 3.49. The molecular formula is C26H29ClF3N3O. The van der Waals surface area contributed by atoms with Crippen LogP contribution in [-0.2, 0) is 19.3 Å². The summed E-state index contributed by atoms with van der Waals surface area (Å²) in [5.74, 6) is 0. The number of amides is 2. The van der Waals surface area contributed by atoms with Gasteiger partial charge in [0.05, 0.1) is 12.1 Å². The van der Waals surface area contributed by atoms with Crippen molar-refractivity contribution in [2.24, 2.45) is 0 Å². The van der Waals surface area contributed by atoms with Crippen molar-refractivity contribution in [2.45, 2.75) is 52.4 Å². The summed E-state index contributed by atoms with van der Waals surface area (Å²) in [7, 11) is 0. The Hall–Kier alpha value is -2.93. The van der Waals surface area contributed by atoms with Crippen LogP contribution >= 0.6 is 11.6 Å². The van der Waals surface area contributed by atoms with Gasteiger partial charge < -0.3 is 14.8 Å². The van der Waals surface area contributed by atoms with Gasteiger partial charge in [0.1, 0.15) is 0 Å². The number of aromatic nitrogens is 1. The van der Waals surface area contributed by atoms with Gasteiger partial charge in [-0.3, -0.25) is 0 Å². The summed E-state index contributed by atoms with van der Waals surface area (Å²) >= 11 is 6.19. The zero-order valence-electron chi connectivity index (χ0n) is 19.3. The molecule has 8 heteroatoms. The lowest BCUT2D eigenvalue weighted by Gasteiger charge is -2.24. The molecule has 1 heterocycles. The average Bonchev–Trinajstić information content (AvgIpc) is 3.21. The zero-order chi connectivity index (χ0) is 24.7. The molecule has 34 heavy (non-hydrogen) atoms. The van der Waals surface area contributed by atoms with Crippen LogP contribution in [0, 0.1) is 6.92 Å². The SMILES string of the molecule is CCCCCN(Cc1cccn1Cc1cccc(C(F)(F)F)c1)C(=O)Nc1ccc(C)c(Cl)c1. The number of alkyl halides is 3. The maximum Gasteiger partial charge on any atom is 0.416 e. The molecule has 0 aliphatic heterocycles. The lowest BCUT2D eigenvalue weighted by atomic mass is 10.1. The Morgan fingerprint density at radius 3 is 2.59 bits per heavy atom. The van der Waals surface area contributed by atoms with Crippen molar-refractivity contribution in [1.29, 1.82) is 0 Å². The molecule has 0 atom stereocenters. The fourth-order valence-electron chi connectivity index (χ4n) is 3.66. The first-order valence-electron chi connectivity index (χ1n) is 11.3. The molecular weight excluding hydrogens is 463 g/mol. The quantitative estimate of drug-likeness (QED) is 0.305. The second kappa shape index (κ2) is 11.5. The number of urea groups is 1. The minimum atomic E-state index is -4.39. The van der Waals surface area contributed by atoms with Gasteiger partial charge in [-0.1, -0.05) is 49.6 Å². The van der Waals surface area contributed by atoms with Gasteiger partial charge in [0.15, 0.2) is 0 Å². The number of hydrogen-bond donors (Lipinski definition) is 1. The fraction of sp³-hybridized carbons (Fsp3) is 0.346. The molecule has 0 saturated carbocycles. The van der Waals surface area contributed by atoms with Crippen LogP contribution in [0.15, 0.2) is 60.8 Å². The normalized spacial score (nSPS) is 11.5. The summed E-state index contributed by atoms with van der Waals surface area (Å²) in [4.78, 5) is 14.8. The van der Waals surface area contributed by atoms with E-state index in [1.165, 1.54) is 6.07 Å². The first kappa shape index (κ1) is 25.7. The van der Waals surface area contributed by atoms with Crippen LogP contribution < -0.4 is 5.32 Å². The number of halogens is 4. The molecule has 0 aliphatic carbocycles. The Bertz CT molecular complexity index is 1110. The monoisotopic (exact) mass is 491 g/mol. The Labute approximate surface area is 203 Å².